The second-order valence-corrected chi connectivity index (χ2v) is 9.52. The van der Waals surface area contributed by atoms with Crippen molar-refractivity contribution >= 4 is 11.9 Å². The first-order valence-corrected chi connectivity index (χ1v) is 12.1. The first kappa shape index (κ1) is 32.1. The van der Waals surface area contributed by atoms with Crippen LogP contribution in [0.15, 0.2) is 12.2 Å². The molecule has 0 heterocycles. The molecule has 0 saturated heterocycles. The van der Waals surface area contributed by atoms with Gasteiger partial charge in [-0.3, -0.25) is 9.59 Å². The van der Waals surface area contributed by atoms with Gasteiger partial charge in [0.2, 0.25) is 0 Å². The molecule has 0 radical (unpaired) electrons. The standard InChI is InChI=1S/C25H47NO4.ClH/c1-5-6-7-8-9-10-11-12-13-14-15-16-17-18-19-20-25(29)30-23(21-24(27)28)22-26(2,3)4;/h12-13,23H,5-11,14-22H2,1-4H3;1H/b13-12-;. The number of esters is 1. The summed E-state index contributed by atoms with van der Waals surface area (Å²) >= 11 is 0. The molecule has 0 aliphatic rings. The van der Waals surface area contributed by atoms with Crippen molar-refractivity contribution in [2.45, 2.75) is 109 Å². The molecule has 0 rings (SSSR count). The number of likely N-dealkylation sites (N-methyl/N-ethyl adjacent to an activating group) is 1. The molecule has 5 nitrogen and oxygen atoms in total. The van der Waals surface area contributed by atoms with E-state index in [-0.39, 0.29) is 24.8 Å². The summed E-state index contributed by atoms with van der Waals surface area (Å²) < 4.78 is 5.98. The maximum atomic E-state index is 12.0. The smallest absolute Gasteiger partial charge is 0.307 e. The molecule has 0 aromatic rings. The van der Waals surface area contributed by atoms with Crippen LogP contribution < -0.4 is 12.4 Å². The van der Waals surface area contributed by atoms with Gasteiger partial charge in [0.25, 0.3) is 0 Å². The van der Waals surface area contributed by atoms with Crippen molar-refractivity contribution in [3.63, 3.8) is 0 Å². The number of hydrogen-bond acceptors (Lipinski definition) is 3. The summed E-state index contributed by atoms with van der Waals surface area (Å²) in [5, 5.41) is 9.01. The predicted octanol–water partition coefficient (Wildman–Crippen LogP) is 3.12. The normalized spacial score (nSPS) is 12.5. The summed E-state index contributed by atoms with van der Waals surface area (Å²) in [7, 11) is 5.89. The van der Waals surface area contributed by atoms with Gasteiger partial charge in [-0.2, -0.15) is 0 Å². The van der Waals surface area contributed by atoms with Crippen molar-refractivity contribution in [2.24, 2.45) is 0 Å². The molecule has 184 valence electrons. The second-order valence-electron chi connectivity index (χ2n) is 9.52. The van der Waals surface area contributed by atoms with E-state index in [1.807, 2.05) is 21.1 Å². The zero-order valence-corrected chi connectivity index (χ0v) is 21.3. The fourth-order valence-corrected chi connectivity index (χ4v) is 3.53. The highest BCUT2D eigenvalue weighted by Crippen LogP contribution is 2.12. The zero-order chi connectivity index (χ0) is 22.7. The Bertz CT molecular complexity index is 475. The van der Waals surface area contributed by atoms with Crippen molar-refractivity contribution < 1.29 is 36.3 Å². The molecule has 0 aliphatic heterocycles. The summed E-state index contributed by atoms with van der Waals surface area (Å²) in [6.07, 6.45) is 20.2. The molecule has 1 atom stereocenters. The van der Waals surface area contributed by atoms with Gasteiger partial charge in [0.05, 0.1) is 27.6 Å². The Morgan fingerprint density at radius 1 is 0.839 bits per heavy atom. The molecule has 0 spiro atoms. The molecule has 0 aromatic carbocycles. The first-order chi connectivity index (χ1) is 14.2. The SMILES string of the molecule is CCCCCCCC/C=C\CCCCCCCC(=O)OC(CC(=O)O)C[N+](C)(C)C.[Cl-]. The Hall–Kier alpha value is -1.07. The maximum absolute atomic E-state index is 12.0. The van der Waals surface area contributed by atoms with Gasteiger partial charge < -0.3 is 26.7 Å². The van der Waals surface area contributed by atoms with Gasteiger partial charge in [-0.15, -0.1) is 0 Å². The van der Waals surface area contributed by atoms with E-state index < -0.39 is 12.1 Å². The molecule has 31 heavy (non-hydrogen) atoms. The molecule has 1 N–H and O–H groups in total. The van der Waals surface area contributed by atoms with Gasteiger partial charge in [0.15, 0.2) is 6.10 Å². The Labute approximate surface area is 197 Å². The fourth-order valence-electron chi connectivity index (χ4n) is 3.53. The minimum atomic E-state index is -0.928. The lowest BCUT2D eigenvalue weighted by Gasteiger charge is -2.28. The lowest BCUT2D eigenvalue weighted by molar-refractivity contribution is -0.873. The van der Waals surface area contributed by atoms with Crippen LogP contribution in [-0.4, -0.2) is 55.3 Å². The van der Waals surface area contributed by atoms with Gasteiger partial charge in [-0.1, -0.05) is 70.4 Å². The number of carboxylic acid groups (broad SMARTS) is 1. The summed E-state index contributed by atoms with van der Waals surface area (Å²) in [4.78, 5) is 23.0. The lowest BCUT2D eigenvalue weighted by Crippen LogP contribution is -3.00. The third-order valence-electron chi connectivity index (χ3n) is 5.09. The van der Waals surface area contributed by atoms with E-state index in [4.69, 9.17) is 9.84 Å². The molecule has 0 aromatic heterocycles. The number of nitrogens with zero attached hydrogens (tertiary/aromatic N) is 1. The lowest BCUT2D eigenvalue weighted by atomic mass is 10.1. The highest BCUT2D eigenvalue weighted by atomic mass is 35.5. The Morgan fingerprint density at radius 3 is 1.81 bits per heavy atom. The number of aliphatic carboxylic acids is 1. The molecule has 6 heteroatoms. The summed E-state index contributed by atoms with van der Waals surface area (Å²) in [5.41, 5.74) is 0. The quantitative estimate of drug-likeness (QED) is 0.131. The molecule has 1 unspecified atom stereocenters. The second kappa shape index (κ2) is 20.8. The van der Waals surface area contributed by atoms with Gasteiger partial charge in [0, 0.05) is 6.42 Å². The third kappa shape index (κ3) is 25.1. The average molecular weight is 462 g/mol. The van der Waals surface area contributed by atoms with Crippen LogP contribution in [0.4, 0.5) is 0 Å². The van der Waals surface area contributed by atoms with Gasteiger partial charge in [-0.25, -0.2) is 0 Å². The number of carbonyl (C=O) groups excluding carboxylic acids is 1. The van der Waals surface area contributed by atoms with Gasteiger partial charge in [0.1, 0.15) is 6.54 Å². The minimum absolute atomic E-state index is 0. The van der Waals surface area contributed by atoms with Crippen molar-refractivity contribution in [1.82, 2.24) is 0 Å². The largest absolute Gasteiger partial charge is 1.00 e. The molecule has 0 amide bonds. The van der Waals surface area contributed by atoms with Crippen LogP contribution in [0.5, 0.6) is 0 Å². The highest BCUT2D eigenvalue weighted by molar-refractivity contribution is 5.71. The molecular formula is C25H48ClNO4. The van der Waals surface area contributed by atoms with E-state index in [0.717, 1.165) is 25.7 Å². The van der Waals surface area contributed by atoms with E-state index in [2.05, 4.69) is 19.1 Å². The van der Waals surface area contributed by atoms with Gasteiger partial charge >= 0.3 is 11.9 Å². The first-order valence-electron chi connectivity index (χ1n) is 12.1. The van der Waals surface area contributed by atoms with E-state index in [1.54, 1.807) is 0 Å². The summed E-state index contributed by atoms with van der Waals surface area (Å²) in [6, 6.07) is 0. The van der Waals surface area contributed by atoms with Gasteiger partial charge in [-0.05, 0) is 32.1 Å². The number of quaternary nitrogens is 1. The van der Waals surface area contributed by atoms with E-state index in [1.165, 1.54) is 57.8 Å². The zero-order valence-electron chi connectivity index (χ0n) is 20.5. The maximum Gasteiger partial charge on any atom is 0.307 e. The van der Waals surface area contributed by atoms with E-state index >= 15 is 0 Å². The number of carbonyl (C=O) groups is 2. The van der Waals surface area contributed by atoms with Crippen LogP contribution in [-0.2, 0) is 14.3 Å². The number of halogens is 1. The number of rotatable bonds is 20. The number of hydrogen-bond donors (Lipinski definition) is 1. The summed E-state index contributed by atoms with van der Waals surface area (Å²) in [6.45, 7) is 2.76. The van der Waals surface area contributed by atoms with Crippen LogP contribution in [0.3, 0.4) is 0 Å². The Kier molecular flexibility index (Phi) is 21.6. The summed E-state index contributed by atoms with van der Waals surface area (Å²) in [5.74, 6) is -1.20. The van der Waals surface area contributed by atoms with Crippen LogP contribution in [0.25, 0.3) is 0 Å². The van der Waals surface area contributed by atoms with Crippen molar-refractivity contribution in [3.05, 3.63) is 12.2 Å². The van der Waals surface area contributed by atoms with Crippen molar-refractivity contribution in [1.29, 1.82) is 0 Å². The van der Waals surface area contributed by atoms with Crippen LogP contribution >= 0.6 is 0 Å². The number of ether oxygens (including phenoxy) is 1. The predicted molar refractivity (Wildman–Crippen MR) is 124 cm³/mol. The van der Waals surface area contributed by atoms with Crippen molar-refractivity contribution in [2.75, 3.05) is 27.7 Å². The topological polar surface area (TPSA) is 63.6 Å². The van der Waals surface area contributed by atoms with Crippen LogP contribution in [0.2, 0.25) is 0 Å². The minimum Gasteiger partial charge on any atom is -1.00 e. The molecule has 0 saturated carbocycles. The van der Waals surface area contributed by atoms with Crippen LogP contribution in [0.1, 0.15) is 103 Å². The fraction of sp³-hybridized carbons (Fsp3) is 0.840. The highest BCUT2D eigenvalue weighted by Gasteiger charge is 2.24. The Morgan fingerprint density at radius 2 is 1.32 bits per heavy atom. The molecule has 0 fully saturated rings. The number of carboxylic acids is 1. The Balaban J connectivity index is 0. The third-order valence-corrected chi connectivity index (χ3v) is 5.09. The molecular weight excluding hydrogens is 414 g/mol. The van der Waals surface area contributed by atoms with Crippen molar-refractivity contribution in [3.8, 4) is 0 Å². The average Bonchev–Trinajstić information content (AvgIpc) is 2.63. The van der Waals surface area contributed by atoms with E-state index in [0.29, 0.717) is 17.4 Å². The number of unbranched alkanes of at least 4 members (excludes halogenated alkanes) is 11. The molecule has 0 aliphatic carbocycles. The molecule has 0 bridgehead atoms. The number of allylic oxidation sites excluding steroid dienone is 2. The van der Waals surface area contributed by atoms with Crippen LogP contribution in [0, 0.1) is 0 Å². The van der Waals surface area contributed by atoms with E-state index in [9.17, 15) is 9.59 Å². The monoisotopic (exact) mass is 461 g/mol.